The normalized spacial score (nSPS) is 26.5. The van der Waals surface area contributed by atoms with E-state index in [4.69, 9.17) is 9.98 Å². The third-order valence-corrected chi connectivity index (χ3v) is 4.48. The molecule has 2 heterocycles. The molecule has 1 aromatic rings. The summed E-state index contributed by atoms with van der Waals surface area (Å²) < 4.78 is 0. The van der Waals surface area contributed by atoms with Crippen LogP contribution >= 0.6 is 0 Å². The Bertz CT molecular complexity index is 713. The molecule has 2 unspecified atom stereocenters. The second kappa shape index (κ2) is 6.01. The highest BCUT2D eigenvalue weighted by Crippen LogP contribution is 2.28. The van der Waals surface area contributed by atoms with Gasteiger partial charge in [-0.2, -0.15) is 0 Å². The molecule has 1 saturated heterocycles. The molecule has 2 N–H and O–H groups in total. The SMILES string of the molecule is Oc1ccccc1C1=NC2C=CC=CC2C(N2CCNCC2)=N1. The highest BCUT2D eigenvalue weighted by atomic mass is 16.3. The Balaban J connectivity index is 1.75. The summed E-state index contributed by atoms with van der Waals surface area (Å²) in [5.41, 5.74) is 0.696. The molecule has 0 spiro atoms. The van der Waals surface area contributed by atoms with Crippen LogP contribution < -0.4 is 5.32 Å². The van der Waals surface area contributed by atoms with Crippen molar-refractivity contribution < 1.29 is 5.11 Å². The Labute approximate surface area is 135 Å². The molecule has 0 bridgehead atoms. The van der Waals surface area contributed by atoms with E-state index in [0.717, 1.165) is 32.0 Å². The average Bonchev–Trinajstić information content (AvgIpc) is 2.62. The molecule has 1 aliphatic carbocycles. The minimum Gasteiger partial charge on any atom is -0.507 e. The summed E-state index contributed by atoms with van der Waals surface area (Å²) in [6, 6.07) is 7.32. The van der Waals surface area contributed by atoms with Gasteiger partial charge in [-0.1, -0.05) is 36.4 Å². The summed E-state index contributed by atoms with van der Waals surface area (Å²) in [6.07, 6.45) is 8.39. The highest BCUT2D eigenvalue weighted by Gasteiger charge is 2.32. The van der Waals surface area contributed by atoms with Crippen molar-refractivity contribution in [1.29, 1.82) is 0 Å². The number of nitrogens with one attached hydrogen (secondary N) is 1. The van der Waals surface area contributed by atoms with Crippen molar-refractivity contribution in [2.75, 3.05) is 26.2 Å². The van der Waals surface area contributed by atoms with Crippen LogP contribution in [0.15, 0.2) is 58.6 Å². The van der Waals surface area contributed by atoms with Gasteiger partial charge >= 0.3 is 0 Å². The van der Waals surface area contributed by atoms with Crippen LogP contribution in [-0.2, 0) is 0 Å². The van der Waals surface area contributed by atoms with Gasteiger partial charge in [0.2, 0.25) is 0 Å². The van der Waals surface area contributed by atoms with Gasteiger partial charge in [-0.05, 0) is 12.1 Å². The zero-order valence-electron chi connectivity index (χ0n) is 12.9. The lowest BCUT2D eigenvalue weighted by atomic mass is 9.91. The zero-order chi connectivity index (χ0) is 15.6. The van der Waals surface area contributed by atoms with Crippen LogP contribution in [0.2, 0.25) is 0 Å². The number of piperazine rings is 1. The first-order chi connectivity index (χ1) is 11.3. The van der Waals surface area contributed by atoms with Gasteiger partial charge in [0, 0.05) is 26.2 Å². The van der Waals surface area contributed by atoms with Crippen LogP contribution in [0.3, 0.4) is 0 Å². The number of amidine groups is 2. The molecule has 2 atom stereocenters. The highest BCUT2D eigenvalue weighted by molar-refractivity contribution is 6.10. The number of phenolic OH excluding ortho intramolecular Hbond substituents is 1. The van der Waals surface area contributed by atoms with Crippen LogP contribution in [-0.4, -0.2) is 53.9 Å². The van der Waals surface area contributed by atoms with Gasteiger partial charge in [0.15, 0.2) is 5.84 Å². The van der Waals surface area contributed by atoms with Crippen molar-refractivity contribution in [3.8, 4) is 5.75 Å². The number of aliphatic imine (C=N–C) groups is 2. The standard InChI is InChI=1S/C18H20N4O/c23-16-8-4-2-6-14(16)17-20-15-7-3-1-5-13(15)18(21-17)22-11-9-19-10-12-22/h1-8,13,15,19,23H,9-12H2. The molecule has 2 aliphatic heterocycles. The molecule has 1 fully saturated rings. The summed E-state index contributed by atoms with van der Waals surface area (Å²) in [5, 5.41) is 13.5. The predicted octanol–water partition coefficient (Wildman–Crippen LogP) is 1.57. The van der Waals surface area contributed by atoms with Gasteiger partial charge in [-0.25, -0.2) is 4.99 Å². The molecule has 5 nitrogen and oxygen atoms in total. The van der Waals surface area contributed by atoms with E-state index < -0.39 is 0 Å². The largest absolute Gasteiger partial charge is 0.507 e. The number of phenols is 1. The van der Waals surface area contributed by atoms with Crippen LogP contribution in [0, 0.1) is 5.92 Å². The smallest absolute Gasteiger partial charge is 0.161 e. The number of rotatable bonds is 1. The van der Waals surface area contributed by atoms with Crippen LogP contribution in [0.5, 0.6) is 5.75 Å². The molecule has 0 radical (unpaired) electrons. The van der Waals surface area contributed by atoms with E-state index >= 15 is 0 Å². The third kappa shape index (κ3) is 2.68. The van der Waals surface area contributed by atoms with Crippen molar-refractivity contribution in [2.24, 2.45) is 15.9 Å². The number of hydrogen-bond donors (Lipinski definition) is 2. The van der Waals surface area contributed by atoms with Crippen molar-refractivity contribution in [3.05, 3.63) is 54.1 Å². The lowest BCUT2D eigenvalue weighted by Crippen LogP contribution is -2.51. The van der Waals surface area contributed by atoms with E-state index in [1.165, 1.54) is 0 Å². The van der Waals surface area contributed by atoms with Crippen LogP contribution in [0.4, 0.5) is 0 Å². The first kappa shape index (κ1) is 14.2. The first-order valence-electron chi connectivity index (χ1n) is 8.08. The van der Waals surface area contributed by atoms with Gasteiger partial charge in [0.25, 0.3) is 0 Å². The monoisotopic (exact) mass is 308 g/mol. The Hall–Kier alpha value is -2.40. The molecular formula is C18H20N4O. The van der Waals surface area contributed by atoms with Crippen LogP contribution in [0.25, 0.3) is 0 Å². The fraction of sp³-hybridized carbons (Fsp3) is 0.333. The van der Waals surface area contributed by atoms with Gasteiger partial charge in [-0.15, -0.1) is 0 Å². The minimum absolute atomic E-state index is 0.0528. The van der Waals surface area contributed by atoms with Crippen molar-refractivity contribution in [1.82, 2.24) is 10.2 Å². The maximum Gasteiger partial charge on any atom is 0.161 e. The lowest BCUT2D eigenvalue weighted by Gasteiger charge is -2.37. The quantitative estimate of drug-likeness (QED) is 0.828. The van der Waals surface area contributed by atoms with E-state index in [0.29, 0.717) is 11.4 Å². The second-order valence-electron chi connectivity index (χ2n) is 5.96. The van der Waals surface area contributed by atoms with E-state index in [2.05, 4.69) is 28.4 Å². The molecule has 1 aromatic carbocycles. The maximum absolute atomic E-state index is 10.1. The number of fused-ring (bicyclic) bond motifs is 1. The molecule has 118 valence electrons. The summed E-state index contributed by atoms with van der Waals surface area (Å²) in [5.74, 6) is 2.10. The van der Waals surface area contributed by atoms with Crippen molar-refractivity contribution >= 4 is 11.7 Å². The fourth-order valence-electron chi connectivity index (χ4n) is 3.28. The number of allylic oxidation sites excluding steroid dienone is 2. The summed E-state index contributed by atoms with van der Waals surface area (Å²) in [6.45, 7) is 3.85. The topological polar surface area (TPSA) is 60.2 Å². The number of para-hydroxylation sites is 1. The van der Waals surface area contributed by atoms with Gasteiger partial charge in [-0.3, -0.25) is 4.99 Å². The Morgan fingerprint density at radius 2 is 1.87 bits per heavy atom. The van der Waals surface area contributed by atoms with E-state index in [-0.39, 0.29) is 17.7 Å². The molecule has 4 rings (SSSR count). The molecule has 0 aromatic heterocycles. The second-order valence-corrected chi connectivity index (χ2v) is 5.96. The van der Waals surface area contributed by atoms with E-state index in [1.54, 1.807) is 6.07 Å². The molecule has 0 saturated carbocycles. The molecule has 3 aliphatic rings. The van der Waals surface area contributed by atoms with Gasteiger partial charge in [0.1, 0.15) is 11.6 Å². The molecule has 0 amide bonds. The van der Waals surface area contributed by atoms with E-state index in [9.17, 15) is 5.11 Å². The Morgan fingerprint density at radius 1 is 1.09 bits per heavy atom. The summed E-state index contributed by atoms with van der Waals surface area (Å²) in [4.78, 5) is 11.9. The van der Waals surface area contributed by atoms with Crippen LogP contribution in [0.1, 0.15) is 5.56 Å². The third-order valence-electron chi connectivity index (χ3n) is 4.48. The first-order valence-corrected chi connectivity index (χ1v) is 8.08. The average molecular weight is 308 g/mol. The molecule has 23 heavy (non-hydrogen) atoms. The predicted molar refractivity (Wildman–Crippen MR) is 92.1 cm³/mol. The van der Waals surface area contributed by atoms with Crippen molar-refractivity contribution in [3.63, 3.8) is 0 Å². The Morgan fingerprint density at radius 3 is 2.70 bits per heavy atom. The van der Waals surface area contributed by atoms with Gasteiger partial charge in [0.05, 0.1) is 17.5 Å². The van der Waals surface area contributed by atoms with E-state index in [1.807, 2.05) is 24.3 Å². The Kier molecular flexibility index (Phi) is 3.71. The molecule has 5 heteroatoms. The zero-order valence-corrected chi connectivity index (χ0v) is 12.9. The fourth-order valence-corrected chi connectivity index (χ4v) is 3.28. The number of nitrogens with zero attached hydrogens (tertiary/aromatic N) is 3. The maximum atomic E-state index is 10.1. The molecular weight excluding hydrogens is 288 g/mol. The lowest BCUT2D eigenvalue weighted by molar-refractivity contribution is 0.342. The van der Waals surface area contributed by atoms with Gasteiger partial charge < -0.3 is 15.3 Å². The minimum atomic E-state index is 0.0528. The summed E-state index contributed by atoms with van der Waals surface area (Å²) in [7, 11) is 0. The number of aromatic hydroxyl groups is 1. The summed E-state index contributed by atoms with van der Waals surface area (Å²) >= 11 is 0. The number of benzene rings is 1. The number of hydrogen-bond acceptors (Lipinski definition) is 5. The van der Waals surface area contributed by atoms with Crippen molar-refractivity contribution in [2.45, 2.75) is 6.04 Å².